The molecule has 1 atom stereocenters. The van der Waals surface area contributed by atoms with Crippen molar-refractivity contribution in [1.82, 2.24) is 15.2 Å². The normalized spacial score (nSPS) is 22.0. The molecular weight excluding hydrogens is 435 g/mol. The molecule has 4 rings (SSSR count). The monoisotopic (exact) mass is 464 g/mol. The molecule has 0 radical (unpaired) electrons. The summed E-state index contributed by atoms with van der Waals surface area (Å²) < 4.78 is 24.4. The molecule has 1 unspecified atom stereocenters. The summed E-state index contributed by atoms with van der Waals surface area (Å²) in [4.78, 5) is 17.9. The van der Waals surface area contributed by atoms with Gasteiger partial charge in [0.05, 0.1) is 47.8 Å². The Labute approximate surface area is 193 Å². The molecule has 174 valence electrons. The van der Waals surface area contributed by atoms with Crippen molar-refractivity contribution in [1.29, 1.82) is 0 Å². The summed E-state index contributed by atoms with van der Waals surface area (Å²) >= 11 is 6.22. The number of morpholine rings is 1. The van der Waals surface area contributed by atoms with Crippen LogP contribution in [0.5, 0.6) is 0 Å². The topological polar surface area (TPSA) is 57.3 Å². The third-order valence-electron chi connectivity index (χ3n) is 6.18. The van der Waals surface area contributed by atoms with Gasteiger partial charge in [-0.1, -0.05) is 23.8 Å². The molecule has 1 aromatic rings. The van der Waals surface area contributed by atoms with Crippen molar-refractivity contribution in [3.05, 3.63) is 52.5 Å². The minimum Gasteiger partial charge on any atom is -0.379 e. The average molecular weight is 465 g/mol. The van der Waals surface area contributed by atoms with E-state index in [9.17, 15) is 9.18 Å². The number of hydrogen-bond acceptors (Lipinski definition) is 6. The van der Waals surface area contributed by atoms with Gasteiger partial charge < -0.3 is 14.4 Å². The van der Waals surface area contributed by atoms with Crippen LogP contribution in [0.4, 0.5) is 10.1 Å². The number of methoxy groups -OCH3 is 1. The molecule has 9 heteroatoms. The number of nitrogens with one attached hydrogen (secondary N) is 1. The lowest BCUT2D eigenvalue weighted by atomic mass is 9.97. The SMILES string of the molecule is C=C(CCN1CCOCC1)CN1CCC2NN(c3ccc(F)cc3Cl)C(=O)C2=C1COC. The lowest BCUT2D eigenvalue weighted by Gasteiger charge is -2.35. The predicted octanol–water partition coefficient (Wildman–Crippen LogP) is 2.58. The molecule has 0 aliphatic carbocycles. The number of amides is 1. The van der Waals surface area contributed by atoms with Crippen LogP contribution in [0.3, 0.4) is 0 Å². The largest absolute Gasteiger partial charge is 0.379 e. The third kappa shape index (κ3) is 5.00. The van der Waals surface area contributed by atoms with Gasteiger partial charge in [-0.05, 0) is 31.0 Å². The van der Waals surface area contributed by atoms with Crippen LogP contribution in [0, 0.1) is 5.82 Å². The number of halogens is 2. The van der Waals surface area contributed by atoms with E-state index >= 15 is 0 Å². The standard InChI is InChI=1S/C23H30ClFN4O3/c1-16(5-7-27-9-11-32-12-10-27)14-28-8-6-19-22(21(28)15-31-2)23(30)29(26-19)20-4-3-17(25)13-18(20)24/h3-4,13,19,26H,1,5-12,14-15H2,2H3. The first-order valence-electron chi connectivity index (χ1n) is 11.0. The van der Waals surface area contributed by atoms with E-state index in [0.717, 1.165) is 63.5 Å². The van der Waals surface area contributed by atoms with Crippen molar-refractivity contribution in [2.24, 2.45) is 0 Å². The van der Waals surface area contributed by atoms with E-state index < -0.39 is 5.82 Å². The van der Waals surface area contributed by atoms with E-state index in [2.05, 4.69) is 21.8 Å². The summed E-state index contributed by atoms with van der Waals surface area (Å²) in [6, 6.07) is 3.89. The lowest BCUT2D eigenvalue weighted by molar-refractivity contribution is -0.114. The second-order valence-electron chi connectivity index (χ2n) is 8.38. The van der Waals surface area contributed by atoms with Crippen LogP contribution in [0.1, 0.15) is 12.8 Å². The van der Waals surface area contributed by atoms with E-state index in [1.165, 1.54) is 23.2 Å². The summed E-state index contributed by atoms with van der Waals surface area (Å²) in [6.07, 6.45) is 1.67. The zero-order chi connectivity index (χ0) is 22.7. The number of carbonyl (C=O) groups excluding carboxylic acids is 1. The number of ether oxygens (including phenoxy) is 2. The minimum absolute atomic E-state index is 0.133. The Bertz CT molecular complexity index is 903. The van der Waals surface area contributed by atoms with Crippen LogP contribution >= 0.6 is 11.6 Å². The molecule has 1 N–H and O–H groups in total. The molecule has 3 aliphatic rings. The molecule has 2 fully saturated rings. The van der Waals surface area contributed by atoms with Gasteiger partial charge in [-0.25, -0.2) is 14.8 Å². The van der Waals surface area contributed by atoms with Gasteiger partial charge in [-0.15, -0.1) is 0 Å². The van der Waals surface area contributed by atoms with Gasteiger partial charge in [0, 0.05) is 39.8 Å². The van der Waals surface area contributed by atoms with Crippen LogP contribution in [0.2, 0.25) is 5.02 Å². The first kappa shape index (κ1) is 23.2. The van der Waals surface area contributed by atoms with E-state index in [0.29, 0.717) is 24.4 Å². The lowest BCUT2D eigenvalue weighted by Crippen LogP contribution is -2.42. The highest BCUT2D eigenvalue weighted by Crippen LogP contribution is 2.35. The molecule has 3 heterocycles. The minimum atomic E-state index is -0.441. The summed E-state index contributed by atoms with van der Waals surface area (Å²) in [7, 11) is 1.63. The Morgan fingerprint density at radius 2 is 2.12 bits per heavy atom. The number of carbonyl (C=O) groups is 1. The second-order valence-corrected chi connectivity index (χ2v) is 8.78. The van der Waals surface area contributed by atoms with E-state index in [1.807, 2.05) is 0 Å². The number of nitrogens with zero attached hydrogens (tertiary/aromatic N) is 3. The van der Waals surface area contributed by atoms with Crippen LogP contribution < -0.4 is 10.4 Å². The Morgan fingerprint density at radius 1 is 1.34 bits per heavy atom. The van der Waals surface area contributed by atoms with E-state index in [1.54, 1.807) is 7.11 Å². The van der Waals surface area contributed by atoms with Gasteiger partial charge >= 0.3 is 0 Å². The van der Waals surface area contributed by atoms with Gasteiger partial charge in [0.15, 0.2) is 0 Å². The summed E-state index contributed by atoms with van der Waals surface area (Å²) in [5.74, 6) is -0.622. The number of anilines is 1. The van der Waals surface area contributed by atoms with Crippen molar-refractivity contribution >= 4 is 23.2 Å². The molecular formula is C23H30ClFN4O3. The van der Waals surface area contributed by atoms with Crippen LogP contribution in [-0.2, 0) is 14.3 Å². The Morgan fingerprint density at radius 3 is 2.84 bits per heavy atom. The van der Waals surface area contributed by atoms with Gasteiger partial charge in [0.1, 0.15) is 5.82 Å². The molecule has 7 nitrogen and oxygen atoms in total. The Balaban J connectivity index is 1.48. The first-order valence-corrected chi connectivity index (χ1v) is 11.3. The van der Waals surface area contributed by atoms with Gasteiger partial charge in [0.2, 0.25) is 0 Å². The van der Waals surface area contributed by atoms with E-state index in [-0.39, 0.29) is 17.0 Å². The maximum Gasteiger partial charge on any atom is 0.272 e. The van der Waals surface area contributed by atoms with Gasteiger partial charge in [0.25, 0.3) is 5.91 Å². The first-order chi connectivity index (χ1) is 15.5. The molecule has 3 aliphatic heterocycles. The maximum absolute atomic E-state index is 13.5. The number of hydrogen-bond donors (Lipinski definition) is 1. The molecule has 0 spiro atoms. The second kappa shape index (κ2) is 10.3. The molecule has 2 saturated heterocycles. The maximum atomic E-state index is 13.5. The molecule has 1 aromatic carbocycles. The zero-order valence-electron chi connectivity index (χ0n) is 18.4. The van der Waals surface area contributed by atoms with Crippen molar-refractivity contribution in [2.45, 2.75) is 18.9 Å². The fourth-order valence-corrected chi connectivity index (χ4v) is 4.74. The Kier molecular flexibility index (Phi) is 7.48. The summed E-state index contributed by atoms with van der Waals surface area (Å²) in [6.45, 7) is 10.5. The molecule has 0 saturated carbocycles. The average Bonchev–Trinajstić information content (AvgIpc) is 3.11. The van der Waals surface area contributed by atoms with Crippen LogP contribution in [0.25, 0.3) is 0 Å². The highest BCUT2D eigenvalue weighted by Gasteiger charge is 2.42. The molecule has 32 heavy (non-hydrogen) atoms. The summed E-state index contributed by atoms with van der Waals surface area (Å²) in [5, 5.41) is 1.61. The molecule has 1 amide bonds. The smallest absolute Gasteiger partial charge is 0.272 e. The highest BCUT2D eigenvalue weighted by atomic mass is 35.5. The number of rotatable bonds is 8. The molecule has 0 bridgehead atoms. The van der Waals surface area contributed by atoms with Crippen LogP contribution in [0.15, 0.2) is 41.6 Å². The van der Waals surface area contributed by atoms with E-state index in [4.69, 9.17) is 21.1 Å². The number of hydrazine groups is 1. The quantitative estimate of drug-likeness (QED) is 0.597. The predicted molar refractivity (Wildman–Crippen MR) is 122 cm³/mol. The highest BCUT2D eigenvalue weighted by molar-refractivity contribution is 6.34. The van der Waals surface area contributed by atoms with Crippen molar-refractivity contribution in [3.8, 4) is 0 Å². The fraction of sp³-hybridized carbons (Fsp3) is 0.522. The van der Waals surface area contributed by atoms with Crippen LogP contribution in [-0.4, -0.2) is 81.4 Å². The fourth-order valence-electron chi connectivity index (χ4n) is 4.48. The third-order valence-corrected chi connectivity index (χ3v) is 6.48. The van der Waals surface area contributed by atoms with Gasteiger partial charge in [-0.2, -0.15) is 0 Å². The zero-order valence-corrected chi connectivity index (χ0v) is 19.2. The van der Waals surface area contributed by atoms with Crippen molar-refractivity contribution in [2.75, 3.05) is 64.7 Å². The molecule has 0 aromatic heterocycles. The number of benzene rings is 1. The summed E-state index contributed by atoms with van der Waals surface area (Å²) in [5.41, 5.74) is 6.36. The van der Waals surface area contributed by atoms with Gasteiger partial charge in [-0.3, -0.25) is 9.69 Å². The van der Waals surface area contributed by atoms with Crippen molar-refractivity contribution < 1.29 is 18.7 Å². The Hall–Kier alpha value is -1.97. The number of fused-ring (bicyclic) bond motifs is 1. The van der Waals surface area contributed by atoms with Crippen molar-refractivity contribution in [3.63, 3.8) is 0 Å².